The van der Waals surface area contributed by atoms with Crippen molar-refractivity contribution >= 4 is 63.3 Å². The number of anilines is 3. The summed E-state index contributed by atoms with van der Waals surface area (Å²) in [4.78, 5) is 92.6. The third-order valence-corrected chi connectivity index (χ3v) is 16.5. The van der Waals surface area contributed by atoms with Crippen LogP contribution in [-0.2, 0) is 30.4 Å². The van der Waals surface area contributed by atoms with Crippen molar-refractivity contribution in [3.63, 3.8) is 0 Å². The Morgan fingerprint density at radius 3 is 2.34 bits per heavy atom. The summed E-state index contributed by atoms with van der Waals surface area (Å²) in [6.45, 7) is 16.7. The van der Waals surface area contributed by atoms with Gasteiger partial charge in [-0.15, -0.1) is 11.3 Å². The number of nitrogens with one attached hydrogen (secondary N) is 3. The van der Waals surface area contributed by atoms with Crippen LogP contribution in [0.4, 0.5) is 17.5 Å². The highest BCUT2D eigenvalue weighted by Crippen LogP contribution is 2.45. The maximum absolute atomic E-state index is 14.1. The van der Waals surface area contributed by atoms with E-state index in [0.717, 1.165) is 80.2 Å². The van der Waals surface area contributed by atoms with Gasteiger partial charge in [0.05, 0.1) is 72.1 Å². The summed E-state index contributed by atoms with van der Waals surface area (Å²) in [6.07, 6.45) is 7.29. The van der Waals surface area contributed by atoms with E-state index in [4.69, 9.17) is 19.2 Å². The van der Waals surface area contributed by atoms with E-state index >= 15 is 0 Å². The lowest BCUT2D eigenvalue weighted by atomic mass is 9.85. The van der Waals surface area contributed by atoms with Crippen LogP contribution in [0.2, 0.25) is 0 Å². The Kier molecular flexibility index (Phi) is 17.7. The Hall–Kier alpha value is -6.90. The number of ketones is 1. The molecule has 4 fully saturated rings. The van der Waals surface area contributed by atoms with Gasteiger partial charge in [-0.2, -0.15) is 10.2 Å². The van der Waals surface area contributed by atoms with Crippen molar-refractivity contribution in [2.45, 2.75) is 117 Å². The van der Waals surface area contributed by atoms with E-state index in [1.807, 2.05) is 64.2 Å². The number of aryl methyl sites for hydroxylation is 2. The quantitative estimate of drug-likeness (QED) is 0.0483. The van der Waals surface area contributed by atoms with E-state index in [0.29, 0.717) is 78.9 Å². The van der Waals surface area contributed by atoms with Crippen LogP contribution in [0.15, 0.2) is 53.0 Å². The zero-order valence-electron chi connectivity index (χ0n) is 46.0. The summed E-state index contributed by atoms with van der Waals surface area (Å²) < 4.78 is 19.8. The first-order valence-corrected chi connectivity index (χ1v) is 28.3. The van der Waals surface area contributed by atoms with Crippen molar-refractivity contribution in [1.82, 2.24) is 44.9 Å². The van der Waals surface area contributed by atoms with Gasteiger partial charge in [0.25, 0.3) is 5.56 Å². The Morgan fingerprint density at radius 2 is 1.68 bits per heavy atom. The first-order valence-electron chi connectivity index (χ1n) is 27.4. The minimum atomic E-state index is -1.13. The number of fused-ring (bicyclic) bond motifs is 1. The Bertz CT molecular complexity index is 3130. The number of aromatic nitrogens is 5. The number of aliphatic hydroxyl groups is 1. The number of nitriles is 1. The second-order valence-corrected chi connectivity index (χ2v) is 23.1. The normalized spacial score (nSPS) is 18.8. The predicted molar refractivity (Wildman–Crippen MR) is 298 cm³/mol. The number of benzene rings is 1. The number of piperazine rings is 1. The summed E-state index contributed by atoms with van der Waals surface area (Å²) in [6, 6.07) is 9.78. The lowest BCUT2D eigenvalue weighted by molar-refractivity contribution is -0.144. The fraction of sp³-hybridized carbons (Fsp3) is 0.544. The van der Waals surface area contributed by atoms with Crippen molar-refractivity contribution in [3.8, 4) is 22.3 Å². The zero-order chi connectivity index (χ0) is 56.0. The van der Waals surface area contributed by atoms with Crippen molar-refractivity contribution in [2.75, 3.05) is 82.5 Å². The molecule has 0 radical (unpaired) electrons. The van der Waals surface area contributed by atoms with Crippen LogP contribution in [0.25, 0.3) is 21.5 Å². The summed E-state index contributed by atoms with van der Waals surface area (Å²) in [7, 11) is 0. The van der Waals surface area contributed by atoms with Crippen LogP contribution < -0.4 is 31.1 Å². The van der Waals surface area contributed by atoms with Gasteiger partial charge in [0.2, 0.25) is 23.7 Å². The molecule has 2 aliphatic heterocycles. The highest BCUT2D eigenvalue weighted by molar-refractivity contribution is 7.13. The Morgan fingerprint density at radius 1 is 0.949 bits per heavy atom. The predicted octanol–water partition coefficient (Wildman–Crippen LogP) is 5.64. The van der Waals surface area contributed by atoms with Crippen molar-refractivity contribution < 1.29 is 38.5 Å². The molecule has 3 unspecified atom stereocenters. The van der Waals surface area contributed by atoms with Crippen molar-refractivity contribution in [1.29, 1.82) is 5.26 Å². The molecule has 21 nitrogen and oxygen atoms in total. The molecule has 79 heavy (non-hydrogen) atoms. The van der Waals surface area contributed by atoms with Gasteiger partial charge < -0.3 is 45.1 Å². The van der Waals surface area contributed by atoms with Gasteiger partial charge >= 0.3 is 0 Å². The van der Waals surface area contributed by atoms with Gasteiger partial charge in [-0.25, -0.2) is 15.0 Å². The summed E-state index contributed by atoms with van der Waals surface area (Å²) >= 11 is 1.52. The van der Waals surface area contributed by atoms with Crippen LogP contribution in [0, 0.1) is 36.0 Å². The van der Waals surface area contributed by atoms with E-state index in [2.05, 4.69) is 46.8 Å². The molecule has 4 aliphatic rings. The molecule has 3 amide bonds. The maximum Gasteiger partial charge on any atom is 0.263 e. The molecule has 6 heterocycles. The molecule has 2 saturated carbocycles. The molecule has 4 aromatic heterocycles. The largest absolute Gasteiger partial charge is 0.491 e. The average molecular weight is 1100 g/mol. The lowest BCUT2D eigenvalue weighted by Crippen LogP contribution is -2.58. The smallest absolute Gasteiger partial charge is 0.263 e. The minimum absolute atomic E-state index is 0.00629. The van der Waals surface area contributed by atoms with E-state index < -0.39 is 46.7 Å². The number of likely N-dealkylation sites (tertiary alicyclic amines) is 1. The second kappa shape index (κ2) is 24.6. The van der Waals surface area contributed by atoms with Crippen LogP contribution >= 0.6 is 11.3 Å². The first kappa shape index (κ1) is 56.8. The van der Waals surface area contributed by atoms with E-state index in [1.54, 1.807) is 23.2 Å². The number of carbonyl (C=O) groups is 4. The Labute approximate surface area is 464 Å². The number of hydrogen-bond donors (Lipinski definition) is 4. The summed E-state index contributed by atoms with van der Waals surface area (Å²) in [5, 5.41) is 30.0. The standard InChI is InChI=1S/C57H72N12O9S/c1-35-43-31-61-55(65-50(43)69(40-9-7-8-10-40)52(73)47(35)37(3)70)63-46-14-13-41(30-59-46)67-19-17-66(18-20-67)21-22-76-23-24-77-25-26-78-45-27-38(48-36(2)62-34-79-48)11-12-39(45)29-60-51(72)44-28-42(71)32-68(44)53(74)49(56(4,5)6)64-54(75)57(33-58)15-16-57/h11-14,27,30-31,34,40,42,44,49,71H,7-10,15-26,28-29,32H2,1-6H3,(H,60,72)(H,64,75)(H,59,61,63,65). The van der Waals surface area contributed by atoms with Gasteiger partial charge in [0.1, 0.15) is 41.3 Å². The molecule has 5 aromatic rings. The molecule has 0 bridgehead atoms. The number of pyridine rings is 2. The third kappa shape index (κ3) is 13.1. The number of rotatable bonds is 22. The lowest BCUT2D eigenvalue weighted by Gasteiger charge is -2.35. The minimum Gasteiger partial charge on any atom is -0.491 e. The van der Waals surface area contributed by atoms with Crippen molar-refractivity contribution in [2.24, 2.45) is 10.8 Å². The SMILES string of the molecule is CC(=O)c1c(C)c2cnc(Nc3ccc(N4CCN(CCOCCOCCOc5cc(-c6scnc6C)ccc5CNC(=O)C5CC(O)CN5C(=O)C(NC(=O)C5(C#N)CC5)C(C)(C)C)CC4)cn3)nc2n(C2CCCC2)c1=O. The monoisotopic (exact) mass is 1100 g/mol. The van der Waals surface area contributed by atoms with E-state index in [-0.39, 0.29) is 49.1 Å². The third-order valence-electron chi connectivity index (χ3n) is 15.6. The highest BCUT2D eigenvalue weighted by atomic mass is 32.1. The van der Waals surface area contributed by atoms with Gasteiger partial charge in [0, 0.05) is 75.4 Å². The van der Waals surface area contributed by atoms with E-state index in [9.17, 15) is 34.3 Å². The summed E-state index contributed by atoms with van der Waals surface area (Å²) in [5.74, 6) is -0.212. The number of hydrogen-bond acceptors (Lipinski definition) is 18. The van der Waals surface area contributed by atoms with Gasteiger partial charge in [-0.1, -0.05) is 45.7 Å². The van der Waals surface area contributed by atoms with E-state index in [1.165, 1.54) is 23.2 Å². The molecule has 22 heteroatoms. The number of Topliss-reactive ketones (excluding diaryl/α,β-unsaturated/α-hetero) is 1. The topological polar surface area (TPSA) is 259 Å². The van der Waals surface area contributed by atoms with Gasteiger partial charge in [-0.05, 0) is 81.2 Å². The zero-order valence-corrected chi connectivity index (χ0v) is 46.8. The molecule has 420 valence electrons. The second-order valence-electron chi connectivity index (χ2n) is 22.2. The molecule has 2 aliphatic carbocycles. The molecular formula is C57H72N12O9S. The number of carbonyl (C=O) groups excluding carboxylic acids is 4. The van der Waals surface area contributed by atoms with Crippen LogP contribution in [0.3, 0.4) is 0 Å². The molecule has 2 saturated heterocycles. The first-order chi connectivity index (χ1) is 37.9. The number of amides is 3. The highest BCUT2D eigenvalue weighted by Gasteiger charge is 2.53. The Balaban J connectivity index is 0.704. The maximum atomic E-state index is 14.1. The number of aliphatic hydroxyl groups excluding tert-OH is 1. The number of nitrogens with zero attached hydrogens (tertiary/aromatic N) is 9. The molecule has 0 spiro atoms. The molecule has 3 atom stereocenters. The molecular weight excluding hydrogens is 1030 g/mol. The number of ether oxygens (including phenoxy) is 3. The fourth-order valence-corrected chi connectivity index (χ4v) is 11.6. The van der Waals surface area contributed by atoms with Gasteiger partial charge in [-0.3, -0.25) is 33.4 Å². The number of thiazole rings is 1. The van der Waals surface area contributed by atoms with Crippen LogP contribution in [-0.4, -0.2) is 153 Å². The molecule has 1 aromatic carbocycles. The summed E-state index contributed by atoms with van der Waals surface area (Å²) in [5.41, 5.74) is 4.50. The van der Waals surface area contributed by atoms with Crippen molar-refractivity contribution in [3.05, 3.63) is 81.0 Å². The van der Waals surface area contributed by atoms with Gasteiger partial charge in [0.15, 0.2) is 5.78 Å². The van der Waals surface area contributed by atoms with Crippen LogP contribution in [0.1, 0.15) is 106 Å². The average Bonchev–Trinajstić information content (AvgIpc) is 3.76. The molecule has 9 rings (SSSR count). The van der Waals surface area contributed by atoms with Crippen LogP contribution in [0.5, 0.6) is 5.75 Å². The fourth-order valence-electron chi connectivity index (χ4n) is 10.8. The number of β-amino-alcohol motifs (C(OH)–C–C–N with tert-alkyl or cyclic N) is 1. The molecule has 4 N–H and O–H groups in total.